The van der Waals surface area contributed by atoms with Crippen LogP contribution in [-0.2, 0) is 0 Å². The van der Waals surface area contributed by atoms with E-state index in [-0.39, 0.29) is 10.8 Å². The summed E-state index contributed by atoms with van der Waals surface area (Å²) in [7, 11) is 0. The lowest BCUT2D eigenvalue weighted by Gasteiger charge is -2.14. The number of alkyl halides is 2. The van der Waals surface area contributed by atoms with Crippen molar-refractivity contribution in [1.82, 2.24) is 9.97 Å². The maximum absolute atomic E-state index is 13.0. The minimum Gasteiger partial charge on any atom is -0.363 e. The number of halogens is 2. The molecular weight excluding hydrogens is 280 g/mol. The Bertz CT molecular complexity index is 618. The molecule has 0 aliphatic rings. The number of fused-ring (bicyclic) bond motifs is 1. The first-order valence-electron chi connectivity index (χ1n) is 5.13. The summed E-state index contributed by atoms with van der Waals surface area (Å²) >= 11 is 0.856. The van der Waals surface area contributed by atoms with E-state index in [1.807, 2.05) is 0 Å². The Kier molecular flexibility index (Phi) is 3.53. The van der Waals surface area contributed by atoms with Crippen molar-refractivity contribution < 1.29 is 13.7 Å². The number of nitro groups is 1. The number of anilines is 1. The van der Waals surface area contributed by atoms with Gasteiger partial charge in [0, 0.05) is 6.07 Å². The molecule has 2 aromatic heterocycles. The molecule has 10 heteroatoms. The van der Waals surface area contributed by atoms with Gasteiger partial charge in [-0.3, -0.25) is 10.1 Å². The van der Waals surface area contributed by atoms with E-state index in [9.17, 15) is 18.9 Å². The predicted molar refractivity (Wildman–Crippen MR) is 66.6 cm³/mol. The number of hydrogen-bond acceptors (Lipinski definition) is 7. The highest BCUT2D eigenvalue weighted by Crippen LogP contribution is 2.33. The standard InChI is InChI=1S/C9H9F2N5O2S/c10-9(11,2-12)3-13-7-5-1-6(16(17)18)19-8(5)15-4-14-7/h1,4H,2-3,12H2,(H,13,14,15). The second kappa shape index (κ2) is 4.97. The molecule has 0 saturated carbocycles. The molecule has 0 fully saturated rings. The van der Waals surface area contributed by atoms with Crippen molar-refractivity contribution in [2.75, 3.05) is 18.4 Å². The Labute approximate surface area is 109 Å². The van der Waals surface area contributed by atoms with Crippen LogP contribution in [0.1, 0.15) is 0 Å². The van der Waals surface area contributed by atoms with E-state index in [1.165, 1.54) is 6.07 Å². The molecule has 0 spiro atoms. The molecule has 0 aliphatic heterocycles. The van der Waals surface area contributed by atoms with Gasteiger partial charge in [0.05, 0.1) is 23.4 Å². The molecular formula is C9H9F2N5O2S. The number of aromatic nitrogens is 2. The molecule has 2 heterocycles. The lowest BCUT2D eigenvalue weighted by Crippen LogP contribution is -2.35. The van der Waals surface area contributed by atoms with Crippen LogP contribution >= 0.6 is 11.3 Å². The second-order valence-corrected chi connectivity index (χ2v) is 4.71. The van der Waals surface area contributed by atoms with Crippen LogP contribution in [0.4, 0.5) is 19.6 Å². The summed E-state index contributed by atoms with van der Waals surface area (Å²) in [6.07, 6.45) is 1.16. The quantitative estimate of drug-likeness (QED) is 0.639. The summed E-state index contributed by atoms with van der Waals surface area (Å²) in [6.45, 7) is -1.49. The molecule has 0 amide bonds. The first-order chi connectivity index (χ1) is 8.93. The van der Waals surface area contributed by atoms with Crippen molar-refractivity contribution in [2.24, 2.45) is 5.73 Å². The van der Waals surface area contributed by atoms with Gasteiger partial charge in [-0.1, -0.05) is 0 Å². The summed E-state index contributed by atoms with van der Waals surface area (Å²) in [5.41, 5.74) is 4.92. The van der Waals surface area contributed by atoms with Gasteiger partial charge in [-0.15, -0.1) is 0 Å². The van der Waals surface area contributed by atoms with E-state index >= 15 is 0 Å². The highest BCUT2D eigenvalue weighted by molar-refractivity contribution is 7.21. The topological polar surface area (TPSA) is 107 Å². The zero-order valence-corrected chi connectivity index (χ0v) is 10.3. The first-order valence-corrected chi connectivity index (χ1v) is 5.95. The Balaban J connectivity index is 2.30. The van der Waals surface area contributed by atoms with Crippen LogP contribution in [0.2, 0.25) is 0 Å². The monoisotopic (exact) mass is 289 g/mol. The number of thiophene rings is 1. The first kappa shape index (κ1) is 13.5. The van der Waals surface area contributed by atoms with Gasteiger partial charge >= 0.3 is 5.00 Å². The predicted octanol–water partition coefficient (Wildman–Crippen LogP) is 1.61. The van der Waals surface area contributed by atoms with Crippen LogP contribution in [-0.4, -0.2) is 33.9 Å². The maximum atomic E-state index is 13.0. The summed E-state index contributed by atoms with van der Waals surface area (Å²) in [4.78, 5) is 18.1. The van der Waals surface area contributed by atoms with Gasteiger partial charge in [-0.25, -0.2) is 18.7 Å². The van der Waals surface area contributed by atoms with Crippen molar-refractivity contribution >= 4 is 32.4 Å². The summed E-state index contributed by atoms with van der Waals surface area (Å²) in [5.74, 6) is -2.94. The van der Waals surface area contributed by atoms with Crippen molar-refractivity contribution in [3.05, 3.63) is 22.5 Å². The van der Waals surface area contributed by atoms with Gasteiger partial charge in [0.2, 0.25) is 0 Å². The van der Waals surface area contributed by atoms with Crippen LogP contribution in [0.3, 0.4) is 0 Å². The van der Waals surface area contributed by atoms with Gasteiger partial charge in [-0.2, -0.15) is 0 Å². The fourth-order valence-electron chi connectivity index (χ4n) is 1.36. The molecule has 0 atom stereocenters. The zero-order valence-electron chi connectivity index (χ0n) is 9.47. The third-order valence-corrected chi connectivity index (χ3v) is 3.30. The highest BCUT2D eigenvalue weighted by Gasteiger charge is 2.27. The van der Waals surface area contributed by atoms with Crippen LogP contribution in [0.25, 0.3) is 10.2 Å². The minimum absolute atomic E-state index is 0.121. The minimum atomic E-state index is -3.07. The van der Waals surface area contributed by atoms with Crippen molar-refractivity contribution in [3.63, 3.8) is 0 Å². The van der Waals surface area contributed by atoms with E-state index in [0.717, 1.165) is 17.7 Å². The number of nitrogens with two attached hydrogens (primary N) is 1. The van der Waals surface area contributed by atoms with E-state index < -0.39 is 23.9 Å². The van der Waals surface area contributed by atoms with Gasteiger partial charge in [0.15, 0.2) is 0 Å². The molecule has 0 aromatic carbocycles. The SMILES string of the molecule is NCC(F)(F)CNc1ncnc2sc([N+](=O)[O-])cc12. The van der Waals surface area contributed by atoms with E-state index in [2.05, 4.69) is 15.3 Å². The van der Waals surface area contributed by atoms with Crippen molar-refractivity contribution in [2.45, 2.75) is 5.92 Å². The Hall–Kier alpha value is -1.94. The fourth-order valence-corrected chi connectivity index (χ4v) is 2.17. The molecule has 7 nitrogen and oxygen atoms in total. The molecule has 0 saturated heterocycles. The fraction of sp³-hybridized carbons (Fsp3) is 0.333. The van der Waals surface area contributed by atoms with Crippen molar-refractivity contribution in [1.29, 1.82) is 0 Å². The third-order valence-electron chi connectivity index (χ3n) is 2.31. The smallest absolute Gasteiger partial charge is 0.326 e. The Morgan fingerprint density at radius 1 is 1.53 bits per heavy atom. The number of hydrogen-bond donors (Lipinski definition) is 2. The maximum Gasteiger partial charge on any atom is 0.326 e. The van der Waals surface area contributed by atoms with Gasteiger partial charge in [-0.05, 0) is 11.3 Å². The van der Waals surface area contributed by atoms with Crippen LogP contribution < -0.4 is 11.1 Å². The normalized spacial score (nSPS) is 11.7. The summed E-state index contributed by atoms with van der Waals surface area (Å²) in [6, 6.07) is 1.25. The summed E-state index contributed by atoms with van der Waals surface area (Å²) < 4.78 is 26.1. The summed E-state index contributed by atoms with van der Waals surface area (Å²) in [5, 5.41) is 13.3. The number of nitrogens with one attached hydrogen (secondary N) is 1. The van der Waals surface area contributed by atoms with Crippen LogP contribution in [0, 0.1) is 10.1 Å². The molecule has 102 valence electrons. The van der Waals surface area contributed by atoms with Gasteiger partial charge in [0.1, 0.15) is 17.0 Å². The highest BCUT2D eigenvalue weighted by atomic mass is 32.1. The number of nitrogens with zero attached hydrogens (tertiary/aromatic N) is 3. The zero-order chi connectivity index (χ0) is 14.0. The van der Waals surface area contributed by atoms with Crippen LogP contribution in [0.15, 0.2) is 12.4 Å². The molecule has 3 N–H and O–H groups in total. The molecule has 2 aromatic rings. The van der Waals surface area contributed by atoms with Gasteiger partial charge in [0.25, 0.3) is 5.92 Å². The largest absolute Gasteiger partial charge is 0.363 e. The molecule has 0 bridgehead atoms. The molecule has 0 aliphatic carbocycles. The molecule has 0 unspecified atom stereocenters. The van der Waals surface area contributed by atoms with Crippen LogP contribution in [0.5, 0.6) is 0 Å². The molecule has 0 radical (unpaired) electrons. The average Bonchev–Trinajstić information content (AvgIpc) is 2.81. The lowest BCUT2D eigenvalue weighted by atomic mass is 10.3. The third kappa shape index (κ3) is 2.90. The Morgan fingerprint density at radius 3 is 2.89 bits per heavy atom. The van der Waals surface area contributed by atoms with Gasteiger partial charge < -0.3 is 11.1 Å². The molecule has 19 heavy (non-hydrogen) atoms. The van der Waals surface area contributed by atoms with E-state index in [0.29, 0.717) is 10.2 Å². The van der Waals surface area contributed by atoms with E-state index in [1.54, 1.807) is 0 Å². The second-order valence-electron chi connectivity index (χ2n) is 3.70. The number of rotatable bonds is 5. The van der Waals surface area contributed by atoms with E-state index in [4.69, 9.17) is 5.73 Å². The average molecular weight is 289 g/mol. The molecule has 2 rings (SSSR count). The Morgan fingerprint density at radius 2 is 2.26 bits per heavy atom. The van der Waals surface area contributed by atoms with Crippen molar-refractivity contribution in [3.8, 4) is 0 Å². The lowest BCUT2D eigenvalue weighted by molar-refractivity contribution is -0.380.